The van der Waals surface area contributed by atoms with Crippen molar-refractivity contribution in [3.63, 3.8) is 0 Å². The Morgan fingerprint density at radius 3 is 2.28 bits per heavy atom. The number of halogens is 3. The zero-order chi connectivity index (χ0) is 32.1. The van der Waals surface area contributed by atoms with Crippen molar-refractivity contribution in [1.82, 2.24) is 10.2 Å². The molecule has 0 aliphatic carbocycles. The van der Waals surface area contributed by atoms with Crippen molar-refractivity contribution in [3.8, 4) is 5.75 Å². The minimum atomic E-state index is -4.65. The summed E-state index contributed by atoms with van der Waals surface area (Å²) in [5, 5.41) is 14.9. The molecule has 3 aromatic carbocycles. The molecule has 1 atom stereocenters. The number of carbonyl (C=O) groups is 2. The van der Waals surface area contributed by atoms with Crippen molar-refractivity contribution < 1.29 is 27.7 Å². The number of benzene rings is 3. The first-order valence-corrected chi connectivity index (χ1v) is 15.4. The van der Waals surface area contributed by atoms with Crippen LogP contribution in [0.2, 0.25) is 15.1 Å². The number of aryl methyl sites for hydroxylation is 1. The number of sulfonamides is 1. The first kappa shape index (κ1) is 33.9. The third-order valence-corrected chi connectivity index (χ3v) is 9.22. The van der Waals surface area contributed by atoms with Crippen LogP contribution < -0.4 is 14.4 Å². The largest absolute Gasteiger partial charge is 0.495 e. The second-order valence-corrected chi connectivity index (χ2v) is 12.5. The highest BCUT2D eigenvalue weighted by Gasteiger charge is 2.35. The SMILES string of the molecule is CCC(C(=O)NC)N(Cc1ccc(Cl)cc1Cl)C(=O)CN(c1cc(Cl)ccc1OC)S(=O)(=O)c1ccc(C)c([N+](=O)[O-])c1. The summed E-state index contributed by atoms with van der Waals surface area (Å²) in [5.41, 5.74) is 0.194. The first-order chi connectivity index (χ1) is 20.2. The summed E-state index contributed by atoms with van der Waals surface area (Å²) in [6, 6.07) is 11.3. The summed E-state index contributed by atoms with van der Waals surface area (Å²) in [7, 11) is -1.92. The number of ether oxygens (including phenoxy) is 1. The first-order valence-electron chi connectivity index (χ1n) is 12.8. The molecule has 0 aromatic heterocycles. The van der Waals surface area contributed by atoms with E-state index in [1.165, 1.54) is 62.4 Å². The van der Waals surface area contributed by atoms with Gasteiger partial charge in [-0.1, -0.05) is 53.9 Å². The summed E-state index contributed by atoms with van der Waals surface area (Å²) in [6.45, 7) is 2.19. The van der Waals surface area contributed by atoms with Crippen LogP contribution in [0, 0.1) is 17.0 Å². The van der Waals surface area contributed by atoms with E-state index in [-0.39, 0.29) is 40.0 Å². The van der Waals surface area contributed by atoms with Crippen molar-refractivity contribution in [3.05, 3.63) is 90.9 Å². The van der Waals surface area contributed by atoms with E-state index in [9.17, 15) is 28.1 Å². The third-order valence-electron chi connectivity index (χ3n) is 6.64. The smallest absolute Gasteiger partial charge is 0.273 e. The average Bonchev–Trinajstić information content (AvgIpc) is 2.96. The molecule has 11 nitrogen and oxygen atoms in total. The Hall–Kier alpha value is -3.58. The van der Waals surface area contributed by atoms with Gasteiger partial charge in [0.05, 0.1) is 22.6 Å². The van der Waals surface area contributed by atoms with Crippen LogP contribution in [0.1, 0.15) is 24.5 Å². The van der Waals surface area contributed by atoms with Crippen molar-refractivity contribution in [2.24, 2.45) is 0 Å². The second kappa shape index (κ2) is 14.3. The van der Waals surface area contributed by atoms with Crippen LogP contribution in [0.5, 0.6) is 5.75 Å². The fourth-order valence-electron chi connectivity index (χ4n) is 4.36. The number of nitrogens with zero attached hydrogens (tertiary/aromatic N) is 3. The molecule has 0 aliphatic rings. The highest BCUT2D eigenvalue weighted by atomic mass is 35.5. The molecule has 0 heterocycles. The van der Waals surface area contributed by atoms with Crippen LogP contribution in [0.25, 0.3) is 0 Å². The summed E-state index contributed by atoms with van der Waals surface area (Å²) in [4.78, 5) is 38.7. The van der Waals surface area contributed by atoms with E-state index in [1.807, 2.05) is 0 Å². The van der Waals surface area contributed by atoms with E-state index >= 15 is 0 Å². The van der Waals surface area contributed by atoms with Gasteiger partial charge in [0.1, 0.15) is 18.3 Å². The molecule has 0 saturated heterocycles. The number of likely N-dealkylation sites (N-methyl/N-ethyl adjacent to an activating group) is 1. The highest BCUT2D eigenvalue weighted by molar-refractivity contribution is 7.92. The number of hydrogen-bond donors (Lipinski definition) is 1. The predicted octanol–water partition coefficient (Wildman–Crippen LogP) is 5.62. The van der Waals surface area contributed by atoms with E-state index in [4.69, 9.17) is 39.5 Å². The van der Waals surface area contributed by atoms with Gasteiger partial charge < -0.3 is 15.0 Å². The van der Waals surface area contributed by atoms with E-state index in [1.54, 1.807) is 19.1 Å². The number of rotatable bonds is 12. The lowest BCUT2D eigenvalue weighted by atomic mass is 10.1. The van der Waals surface area contributed by atoms with E-state index in [0.717, 1.165) is 10.4 Å². The lowest BCUT2D eigenvalue weighted by Crippen LogP contribution is -2.51. The number of nitro benzene ring substituents is 1. The number of amides is 2. The molecular formula is C28H29Cl3N4O7S. The number of methoxy groups -OCH3 is 1. The van der Waals surface area contributed by atoms with Gasteiger partial charge in [0, 0.05) is 40.3 Å². The minimum absolute atomic E-state index is 0.0630. The van der Waals surface area contributed by atoms with E-state index in [2.05, 4.69) is 5.32 Å². The predicted molar refractivity (Wildman–Crippen MR) is 166 cm³/mol. The van der Waals surface area contributed by atoms with Crippen LogP contribution in [0.4, 0.5) is 11.4 Å². The molecule has 1 N–H and O–H groups in total. The normalized spacial score (nSPS) is 11.9. The Kier molecular flexibility index (Phi) is 11.2. The Morgan fingerprint density at radius 2 is 1.70 bits per heavy atom. The van der Waals surface area contributed by atoms with Crippen molar-refractivity contribution in [2.45, 2.75) is 37.8 Å². The minimum Gasteiger partial charge on any atom is -0.495 e. The molecular weight excluding hydrogens is 643 g/mol. The Labute approximate surface area is 264 Å². The van der Waals surface area contributed by atoms with Crippen molar-refractivity contribution in [1.29, 1.82) is 0 Å². The third kappa shape index (κ3) is 7.69. The maximum atomic E-state index is 14.2. The van der Waals surface area contributed by atoms with Crippen LogP contribution in [-0.4, -0.2) is 56.8 Å². The number of hydrogen-bond acceptors (Lipinski definition) is 7. The van der Waals surface area contributed by atoms with Gasteiger partial charge >= 0.3 is 0 Å². The fourth-order valence-corrected chi connectivity index (χ4v) is 6.44. The van der Waals surface area contributed by atoms with Gasteiger partial charge in [-0.15, -0.1) is 0 Å². The molecule has 1 unspecified atom stereocenters. The molecule has 43 heavy (non-hydrogen) atoms. The summed E-state index contributed by atoms with van der Waals surface area (Å²) < 4.78 is 34.5. The van der Waals surface area contributed by atoms with Gasteiger partial charge in [0.25, 0.3) is 15.7 Å². The molecule has 0 fully saturated rings. The number of nitro groups is 1. The van der Waals surface area contributed by atoms with Gasteiger partial charge in [-0.05, 0) is 55.3 Å². The van der Waals surface area contributed by atoms with Crippen molar-refractivity contribution >= 4 is 68.0 Å². The van der Waals surface area contributed by atoms with E-state index in [0.29, 0.717) is 10.6 Å². The quantitative estimate of drug-likeness (QED) is 0.195. The zero-order valence-corrected chi connectivity index (χ0v) is 26.7. The molecule has 0 radical (unpaired) electrons. The van der Waals surface area contributed by atoms with E-state index < -0.39 is 49.9 Å². The molecule has 3 aromatic rings. The molecule has 15 heteroatoms. The number of carbonyl (C=O) groups excluding carboxylic acids is 2. The monoisotopic (exact) mass is 670 g/mol. The maximum absolute atomic E-state index is 14.2. The lowest BCUT2D eigenvalue weighted by molar-refractivity contribution is -0.385. The van der Waals surface area contributed by atoms with Crippen molar-refractivity contribution in [2.75, 3.05) is 25.0 Å². The maximum Gasteiger partial charge on any atom is 0.273 e. The fraction of sp³-hybridized carbons (Fsp3) is 0.286. The summed E-state index contributed by atoms with van der Waals surface area (Å²) in [6.07, 6.45) is 0.189. The topological polar surface area (TPSA) is 139 Å². The Bertz CT molecular complexity index is 1650. The number of anilines is 1. The van der Waals surface area contributed by atoms with Crippen LogP contribution in [0.3, 0.4) is 0 Å². The average molecular weight is 672 g/mol. The van der Waals surface area contributed by atoms with Gasteiger partial charge in [-0.25, -0.2) is 8.42 Å². The molecule has 230 valence electrons. The summed E-state index contributed by atoms with van der Waals surface area (Å²) in [5.74, 6) is -1.19. The summed E-state index contributed by atoms with van der Waals surface area (Å²) >= 11 is 18.7. The zero-order valence-electron chi connectivity index (χ0n) is 23.6. The molecule has 0 bridgehead atoms. The molecule has 0 spiro atoms. The van der Waals surface area contributed by atoms with Gasteiger partial charge in [-0.3, -0.25) is 24.0 Å². The molecule has 3 rings (SSSR count). The Balaban J connectivity index is 2.21. The van der Waals surface area contributed by atoms with Gasteiger partial charge in [-0.2, -0.15) is 0 Å². The standard InChI is InChI=1S/C28H29Cl3N4O7S/c1-5-23(28(37)32-3)33(15-18-7-8-19(29)12-22(18)31)27(36)16-34(25-13-20(30)9-11-26(25)42-4)43(40,41)21-10-6-17(2)24(14-21)35(38)39/h6-14,23H,5,15-16H2,1-4H3,(H,32,37). The molecule has 2 amide bonds. The lowest BCUT2D eigenvalue weighted by Gasteiger charge is -2.33. The number of nitrogens with one attached hydrogen (secondary N) is 1. The second-order valence-electron chi connectivity index (χ2n) is 9.33. The Morgan fingerprint density at radius 1 is 1.05 bits per heavy atom. The molecule has 0 aliphatic heterocycles. The highest BCUT2D eigenvalue weighted by Crippen LogP contribution is 2.36. The van der Waals surface area contributed by atoms with Crippen LogP contribution in [-0.2, 0) is 26.2 Å². The molecule has 0 saturated carbocycles. The van der Waals surface area contributed by atoms with Gasteiger partial charge in [0.15, 0.2) is 0 Å². The van der Waals surface area contributed by atoms with Crippen LogP contribution in [0.15, 0.2) is 59.5 Å². The van der Waals surface area contributed by atoms with Gasteiger partial charge in [0.2, 0.25) is 11.8 Å². The van der Waals surface area contributed by atoms with Crippen LogP contribution >= 0.6 is 34.8 Å².